The SMILES string of the molecule is CC(C)Oc1ccc(Nc2nc3ccc(N)cc3s2)cc1. The quantitative estimate of drug-likeness (QED) is 0.701. The maximum absolute atomic E-state index is 5.79. The monoisotopic (exact) mass is 299 g/mol. The third-order valence-corrected chi connectivity index (χ3v) is 3.82. The Morgan fingerprint density at radius 1 is 1.14 bits per heavy atom. The van der Waals surface area contributed by atoms with Crippen LogP contribution in [0.2, 0.25) is 0 Å². The maximum atomic E-state index is 5.79. The molecule has 0 spiro atoms. The predicted molar refractivity (Wildman–Crippen MR) is 89.5 cm³/mol. The van der Waals surface area contributed by atoms with Gasteiger partial charge in [0.1, 0.15) is 5.75 Å². The van der Waals surface area contributed by atoms with E-state index in [1.807, 2.05) is 56.3 Å². The van der Waals surface area contributed by atoms with E-state index in [2.05, 4.69) is 10.3 Å². The highest BCUT2D eigenvalue weighted by atomic mass is 32.1. The standard InChI is InChI=1S/C16H17N3OS/c1-10(2)20-13-6-4-12(5-7-13)18-16-19-14-8-3-11(17)9-15(14)21-16/h3-10H,17H2,1-2H3,(H,18,19). The average molecular weight is 299 g/mol. The van der Waals surface area contributed by atoms with Crippen molar-refractivity contribution in [3.8, 4) is 5.75 Å². The topological polar surface area (TPSA) is 60.2 Å². The summed E-state index contributed by atoms with van der Waals surface area (Å²) in [6, 6.07) is 13.6. The molecule has 4 nitrogen and oxygen atoms in total. The van der Waals surface area contributed by atoms with E-state index in [0.29, 0.717) is 0 Å². The lowest BCUT2D eigenvalue weighted by molar-refractivity contribution is 0.242. The molecule has 3 rings (SSSR count). The first kappa shape index (κ1) is 13.7. The molecule has 2 aromatic carbocycles. The van der Waals surface area contributed by atoms with Gasteiger partial charge >= 0.3 is 0 Å². The van der Waals surface area contributed by atoms with Crippen molar-refractivity contribution in [2.45, 2.75) is 20.0 Å². The molecule has 21 heavy (non-hydrogen) atoms. The lowest BCUT2D eigenvalue weighted by atomic mass is 10.3. The van der Waals surface area contributed by atoms with Crippen LogP contribution >= 0.6 is 11.3 Å². The van der Waals surface area contributed by atoms with Crippen molar-refractivity contribution in [3.63, 3.8) is 0 Å². The maximum Gasteiger partial charge on any atom is 0.188 e. The van der Waals surface area contributed by atoms with Crippen LogP contribution in [0.1, 0.15) is 13.8 Å². The fourth-order valence-electron chi connectivity index (χ4n) is 2.01. The summed E-state index contributed by atoms with van der Waals surface area (Å²) in [5, 5.41) is 4.16. The number of nitrogens with zero attached hydrogens (tertiary/aromatic N) is 1. The minimum Gasteiger partial charge on any atom is -0.491 e. The van der Waals surface area contributed by atoms with Crippen LogP contribution in [-0.4, -0.2) is 11.1 Å². The molecule has 0 aliphatic rings. The number of ether oxygens (including phenoxy) is 1. The number of nitrogens with one attached hydrogen (secondary N) is 1. The van der Waals surface area contributed by atoms with E-state index in [0.717, 1.165) is 32.5 Å². The molecule has 0 bridgehead atoms. The smallest absolute Gasteiger partial charge is 0.188 e. The summed E-state index contributed by atoms with van der Waals surface area (Å²) >= 11 is 1.59. The molecular weight excluding hydrogens is 282 g/mol. The molecule has 1 heterocycles. The van der Waals surface area contributed by atoms with E-state index in [4.69, 9.17) is 10.5 Å². The van der Waals surface area contributed by atoms with Crippen molar-refractivity contribution in [2.75, 3.05) is 11.1 Å². The molecule has 0 saturated carbocycles. The van der Waals surface area contributed by atoms with Crippen LogP contribution in [0.3, 0.4) is 0 Å². The lowest BCUT2D eigenvalue weighted by Crippen LogP contribution is -2.05. The van der Waals surface area contributed by atoms with Gasteiger partial charge in [-0.15, -0.1) is 0 Å². The number of hydrogen-bond donors (Lipinski definition) is 2. The Bertz CT molecular complexity index is 750. The van der Waals surface area contributed by atoms with Gasteiger partial charge in [0.05, 0.1) is 16.3 Å². The summed E-state index contributed by atoms with van der Waals surface area (Å²) in [5.74, 6) is 0.868. The molecule has 0 saturated heterocycles. The van der Waals surface area contributed by atoms with Gasteiger partial charge in [0.2, 0.25) is 0 Å². The Balaban J connectivity index is 1.78. The third-order valence-electron chi connectivity index (χ3n) is 2.89. The van der Waals surface area contributed by atoms with Crippen molar-refractivity contribution in [1.82, 2.24) is 4.98 Å². The molecule has 0 aliphatic heterocycles. The van der Waals surface area contributed by atoms with E-state index in [-0.39, 0.29) is 6.10 Å². The summed E-state index contributed by atoms with van der Waals surface area (Å²) in [6.45, 7) is 4.03. The highest BCUT2D eigenvalue weighted by Gasteiger charge is 2.05. The van der Waals surface area contributed by atoms with Crippen LogP contribution in [0.5, 0.6) is 5.75 Å². The van der Waals surface area contributed by atoms with Gasteiger partial charge in [0.25, 0.3) is 0 Å². The van der Waals surface area contributed by atoms with Gasteiger partial charge in [-0.05, 0) is 56.3 Å². The second-order valence-corrected chi connectivity index (χ2v) is 6.09. The summed E-state index contributed by atoms with van der Waals surface area (Å²) in [7, 11) is 0. The van der Waals surface area contributed by atoms with Crippen molar-refractivity contribution in [1.29, 1.82) is 0 Å². The number of aromatic nitrogens is 1. The lowest BCUT2D eigenvalue weighted by Gasteiger charge is -2.10. The molecule has 0 aliphatic carbocycles. The first-order chi connectivity index (χ1) is 10.1. The van der Waals surface area contributed by atoms with Gasteiger partial charge in [-0.1, -0.05) is 11.3 Å². The Hall–Kier alpha value is -2.27. The highest BCUT2D eigenvalue weighted by molar-refractivity contribution is 7.22. The molecule has 3 aromatic rings. The number of thiazole rings is 1. The number of nitrogens with two attached hydrogens (primary N) is 1. The largest absolute Gasteiger partial charge is 0.491 e. The normalized spacial score (nSPS) is 11.0. The second kappa shape index (κ2) is 5.61. The molecule has 0 radical (unpaired) electrons. The zero-order valence-electron chi connectivity index (χ0n) is 12.0. The molecule has 108 valence electrons. The number of rotatable bonds is 4. The molecule has 5 heteroatoms. The van der Waals surface area contributed by atoms with Gasteiger partial charge in [-0.25, -0.2) is 4.98 Å². The van der Waals surface area contributed by atoms with Gasteiger partial charge in [0, 0.05) is 11.4 Å². The molecule has 1 aromatic heterocycles. The molecule has 0 atom stereocenters. The van der Waals surface area contributed by atoms with Gasteiger partial charge in [-0.2, -0.15) is 0 Å². The molecule has 0 amide bonds. The van der Waals surface area contributed by atoms with Crippen LogP contribution < -0.4 is 15.8 Å². The van der Waals surface area contributed by atoms with E-state index in [9.17, 15) is 0 Å². The van der Waals surface area contributed by atoms with Crippen molar-refractivity contribution in [3.05, 3.63) is 42.5 Å². The summed E-state index contributed by atoms with van der Waals surface area (Å²) in [4.78, 5) is 4.54. The zero-order chi connectivity index (χ0) is 14.8. The van der Waals surface area contributed by atoms with Crippen LogP contribution in [0.15, 0.2) is 42.5 Å². The zero-order valence-corrected chi connectivity index (χ0v) is 12.8. The van der Waals surface area contributed by atoms with Crippen LogP contribution in [-0.2, 0) is 0 Å². The summed E-state index contributed by atoms with van der Waals surface area (Å²) < 4.78 is 6.71. The Kier molecular flexibility index (Phi) is 3.66. The van der Waals surface area contributed by atoms with E-state index in [1.54, 1.807) is 11.3 Å². The van der Waals surface area contributed by atoms with E-state index < -0.39 is 0 Å². The van der Waals surface area contributed by atoms with E-state index in [1.165, 1.54) is 0 Å². The Morgan fingerprint density at radius 3 is 2.62 bits per heavy atom. The fourth-order valence-corrected chi connectivity index (χ4v) is 2.94. The average Bonchev–Trinajstić information content (AvgIpc) is 2.82. The van der Waals surface area contributed by atoms with Crippen molar-refractivity contribution < 1.29 is 4.74 Å². The van der Waals surface area contributed by atoms with Crippen LogP contribution in [0, 0.1) is 0 Å². The van der Waals surface area contributed by atoms with Crippen molar-refractivity contribution >= 4 is 38.1 Å². The first-order valence-electron chi connectivity index (χ1n) is 6.80. The summed E-state index contributed by atoms with van der Waals surface area (Å²) in [6.07, 6.45) is 0.179. The predicted octanol–water partition coefficient (Wildman–Crippen LogP) is 4.41. The number of nitrogen functional groups attached to an aromatic ring is 1. The second-order valence-electron chi connectivity index (χ2n) is 5.06. The van der Waals surface area contributed by atoms with Crippen molar-refractivity contribution in [2.24, 2.45) is 0 Å². The Labute approximate surface area is 127 Å². The first-order valence-corrected chi connectivity index (χ1v) is 7.61. The minimum atomic E-state index is 0.179. The molecule has 3 N–H and O–H groups in total. The van der Waals surface area contributed by atoms with Gasteiger partial charge in [-0.3, -0.25) is 0 Å². The van der Waals surface area contributed by atoms with Crippen LogP contribution in [0.25, 0.3) is 10.2 Å². The number of fused-ring (bicyclic) bond motifs is 1. The molecule has 0 unspecified atom stereocenters. The van der Waals surface area contributed by atoms with Gasteiger partial charge < -0.3 is 15.8 Å². The molecule has 0 fully saturated rings. The summed E-state index contributed by atoms with van der Waals surface area (Å²) in [5.41, 5.74) is 8.48. The highest BCUT2D eigenvalue weighted by Crippen LogP contribution is 2.30. The Morgan fingerprint density at radius 2 is 1.90 bits per heavy atom. The fraction of sp³-hybridized carbons (Fsp3) is 0.188. The number of benzene rings is 2. The van der Waals surface area contributed by atoms with Crippen LogP contribution in [0.4, 0.5) is 16.5 Å². The minimum absolute atomic E-state index is 0.179. The number of anilines is 3. The number of hydrogen-bond acceptors (Lipinski definition) is 5. The third kappa shape index (κ3) is 3.25. The molecular formula is C16H17N3OS. The van der Waals surface area contributed by atoms with E-state index >= 15 is 0 Å². The van der Waals surface area contributed by atoms with Gasteiger partial charge in [0.15, 0.2) is 5.13 Å².